The molecule has 8 heteroatoms. The highest BCUT2D eigenvalue weighted by molar-refractivity contribution is 5.82. The zero-order valence-electron chi connectivity index (χ0n) is 16.0. The molecule has 7 nitrogen and oxygen atoms in total. The number of rotatable bonds is 6. The summed E-state index contributed by atoms with van der Waals surface area (Å²) in [6, 6.07) is 5.84. The Kier molecular flexibility index (Phi) is 3.82. The zero-order chi connectivity index (χ0) is 19.3. The number of hydrogen-bond donors (Lipinski definition) is 1. The summed E-state index contributed by atoms with van der Waals surface area (Å²) < 4.78 is 16.6. The molecule has 4 aromatic heterocycles. The highest BCUT2D eigenvalue weighted by Crippen LogP contribution is 2.44. The summed E-state index contributed by atoms with van der Waals surface area (Å²) >= 11 is 0. The number of imidazole rings is 1. The zero-order valence-corrected chi connectivity index (χ0v) is 16.0. The van der Waals surface area contributed by atoms with Gasteiger partial charge in [0.1, 0.15) is 18.0 Å². The maximum absolute atomic E-state index is 12.9. The SMILES string of the molecule is Cc1nc2ccc(-c3ccn4nc(NCC5(C)CC5)ncc34)nc2n1CCF. The number of aromatic nitrogens is 6. The van der Waals surface area contributed by atoms with E-state index in [1.165, 1.54) is 12.8 Å². The summed E-state index contributed by atoms with van der Waals surface area (Å²) in [5.41, 5.74) is 4.47. The van der Waals surface area contributed by atoms with E-state index in [0.717, 1.165) is 34.7 Å². The van der Waals surface area contributed by atoms with Crippen molar-refractivity contribution in [1.29, 1.82) is 0 Å². The maximum Gasteiger partial charge on any atom is 0.241 e. The predicted octanol–water partition coefficient (Wildman–Crippen LogP) is 3.63. The van der Waals surface area contributed by atoms with Gasteiger partial charge in [-0.15, -0.1) is 5.10 Å². The fourth-order valence-electron chi connectivity index (χ4n) is 3.50. The topological polar surface area (TPSA) is 72.9 Å². The van der Waals surface area contributed by atoms with Gasteiger partial charge in [0.25, 0.3) is 0 Å². The summed E-state index contributed by atoms with van der Waals surface area (Å²) in [6.07, 6.45) is 6.23. The smallest absolute Gasteiger partial charge is 0.241 e. The lowest BCUT2D eigenvalue weighted by molar-refractivity contribution is 0.445. The normalized spacial score (nSPS) is 15.4. The van der Waals surface area contributed by atoms with Gasteiger partial charge in [-0.1, -0.05) is 6.92 Å². The third kappa shape index (κ3) is 2.89. The lowest BCUT2D eigenvalue weighted by Crippen LogP contribution is -2.14. The molecule has 1 fully saturated rings. The van der Waals surface area contributed by atoms with Crippen LogP contribution < -0.4 is 5.32 Å². The second-order valence-corrected chi connectivity index (χ2v) is 7.84. The fourth-order valence-corrected chi connectivity index (χ4v) is 3.50. The summed E-state index contributed by atoms with van der Waals surface area (Å²) in [5.74, 6) is 1.39. The number of anilines is 1. The number of aryl methyl sites for hydroxylation is 2. The first kappa shape index (κ1) is 17.1. The number of hydrogen-bond acceptors (Lipinski definition) is 5. The van der Waals surface area contributed by atoms with Crippen molar-refractivity contribution in [2.75, 3.05) is 18.5 Å². The second-order valence-electron chi connectivity index (χ2n) is 7.84. The van der Waals surface area contributed by atoms with Crippen molar-refractivity contribution in [2.45, 2.75) is 33.2 Å². The van der Waals surface area contributed by atoms with E-state index < -0.39 is 6.67 Å². The third-order valence-corrected chi connectivity index (χ3v) is 5.56. The Morgan fingerprint density at radius 2 is 2.07 bits per heavy atom. The van der Waals surface area contributed by atoms with Crippen LogP contribution in [0.2, 0.25) is 0 Å². The molecule has 0 bridgehead atoms. The largest absolute Gasteiger partial charge is 0.352 e. The van der Waals surface area contributed by atoms with Gasteiger partial charge in [0, 0.05) is 18.3 Å². The predicted molar refractivity (Wildman–Crippen MR) is 106 cm³/mol. The van der Waals surface area contributed by atoms with E-state index in [9.17, 15) is 4.39 Å². The van der Waals surface area contributed by atoms with Crippen LogP contribution in [0.4, 0.5) is 10.3 Å². The van der Waals surface area contributed by atoms with Crippen LogP contribution in [0.1, 0.15) is 25.6 Å². The van der Waals surface area contributed by atoms with E-state index in [2.05, 4.69) is 27.3 Å². The van der Waals surface area contributed by atoms with Gasteiger partial charge in [0.2, 0.25) is 5.95 Å². The summed E-state index contributed by atoms with van der Waals surface area (Å²) in [4.78, 5) is 13.7. The molecule has 4 heterocycles. The third-order valence-electron chi connectivity index (χ3n) is 5.56. The molecule has 0 aromatic carbocycles. The first-order valence-electron chi connectivity index (χ1n) is 9.55. The van der Waals surface area contributed by atoms with E-state index in [0.29, 0.717) is 17.0 Å². The molecule has 0 saturated heterocycles. The summed E-state index contributed by atoms with van der Waals surface area (Å²) in [6.45, 7) is 4.84. The second kappa shape index (κ2) is 6.25. The average molecular weight is 379 g/mol. The highest BCUT2D eigenvalue weighted by Gasteiger charge is 2.37. The molecule has 0 amide bonds. The lowest BCUT2D eigenvalue weighted by Gasteiger charge is -2.10. The van der Waals surface area contributed by atoms with Gasteiger partial charge >= 0.3 is 0 Å². The van der Waals surface area contributed by atoms with E-state index in [4.69, 9.17) is 4.98 Å². The molecular formula is C20H22FN7. The summed E-state index contributed by atoms with van der Waals surface area (Å²) in [7, 11) is 0. The number of fused-ring (bicyclic) bond motifs is 2. The molecule has 0 radical (unpaired) electrons. The number of nitrogens with one attached hydrogen (secondary N) is 1. The Morgan fingerprint density at radius 1 is 1.21 bits per heavy atom. The fraction of sp³-hybridized carbons (Fsp3) is 0.400. The van der Waals surface area contributed by atoms with Crippen molar-refractivity contribution in [3.05, 3.63) is 36.4 Å². The first-order chi connectivity index (χ1) is 13.6. The average Bonchev–Trinajstić information content (AvgIpc) is 3.16. The molecule has 28 heavy (non-hydrogen) atoms. The van der Waals surface area contributed by atoms with Gasteiger partial charge in [-0.3, -0.25) is 0 Å². The van der Waals surface area contributed by atoms with E-state index >= 15 is 0 Å². The standard InChI is InChI=1S/C20H22FN7/c1-13-24-16-4-3-15(25-18(16)27(13)10-8-21)14-5-9-28-17(14)11-22-19(26-28)23-12-20(2)6-7-20/h3-5,9,11H,6-8,10,12H2,1-2H3,(H,23,26). The van der Waals surface area contributed by atoms with Crippen LogP contribution in [0.3, 0.4) is 0 Å². The van der Waals surface area contributed by atoms with Gasteiger partial charge in [0.05, 0.1) is 24.0 Å². The van der Waals surface area contributed by atoms with Crippen molar-refractivity contribution >= 4 is 22.6 Å². The van der Waals surface area contributed by atoms with Crippen molar-refractivity contribution in [1.82, 2.24) is 29.1 Å². The number of halogens is 1. The lowest BCUT2D eigenvalue weighted by atomic mass is 10.1. The molecule has 1 aliphatic rings. The number of pyridine rings is 1. The van der Waals surface area contributed by atoms with E-state index in [-0.39, 0.29) is 6.54 Å². The molecule has 4 aromatic rings. The molecule has 0 atom stereocenters. The highest BCUT2D eigenvalue weighted by atomic mass is 19.1. The monoisotopic (exact) mass is 379 g/mol. The minimum atomic E-state index is -0.448. The molecule has 1 aliphatic carbocycles. The molecule has 144 valence electrons. The van der Waals surface area contributed by atoms with Gasteiger partial charge < -0.3 is 9.88 Å². The van der Waals surface area contributed by atoms with Crippen LogP contribution in [0.15, 0.2) is 30.6 Å². The van der Waals surface area contributed by atoms with Crippen LogP contribution in [0.5, 0.6) is 0 Å². The molecule has 0 unspecified atom stereocenters. The minimum Gasteiger partial charge on any atom is -0.352 e. The van der Waals surface area contributed by atoms with Gasteiger partial charge in [0.15, 0.2) is 5.65 Å². The van der Waals surface area contributed by atoms with E-state index in [1.807, 2.05) is 46.6 Å². The number of alkyl halides is 1. The Bertz CT molecular complexity index is 1170. The van der Waals surface area contributed by atoms with Crippen molar-refractivity contribution in [3.63, 3.8) is 0 Å². The van der Waals surface area contributed by atoms with Crippen LogP contribution in [0, 0.1) is 12.3 Å². The Hall–Kier alpha value is -3.03. The summed E-state index contributed by atoms with van der Waals surface area (Å²) in [5, 5.41) is 7.90. The van der Waals surface area contributed by atoms with Gasteiger partial charge in [-0.2, -0.15) is 0 Å². The Balaban J connectivity index is 1.50. The quantitative estimate of drug-likeness (QED) is 0.554. The van der Waals surface area contributed by atoms with Crippen LogP contribution in [-0.4, -0.2) is 42.4 Å². The molecule has 5 rings (SSSR count). The Labute approximate surface area is 161 Å². The van der Waals surface area contributed by atoms with Crippen molar-refractivity contribution < 1.29 is 4.39 Å². The van der Waals surface area contributed by atoms with Gasteiger partial charge in [-0.05, 0) is 43.4 Å². The van der Waals surface area contributed by atoms with Crippen molar-refractivity contribution in [2.24, 2.45) is 5.41 Å². The molecule has 0 aliphatic heterocycles. The van der Waals surface area contributed by atoms with Crippen LogP contribution in [0.25, 0.3) is 27.9 Å². The van der Waals surface area contributed by atoms with Crippen LogP contribution >= 0.6 is 0 Å². The first-order valence-corrected chi connectivity index (χ1v) is 9.55. The Morgan fingerprint density at radius 3 is 2.86 bits per heavy atom. The van der Waals surface area contributed by atoms with E-state index in [1.54, 1.807) is 0 Å². The molecule has 1 N–H and O–H groups in total. The maximum atomic E-state index is 12.9. The molecule has 0 spiro atoms. The number of nitrogens with zero attached hydrogens (tertiary/aromatic N) is 6. The minimum absolute atomic E-state index is 0.256. The molecular weight excluding hydrogens is 357 g/mol. The van der Waals surface area contributed by atoms with Crippen molar-refractivity contribution in [3.8, 4) is 11.3 Å². The molecule has 1 saturated carbocycles. The van der Waals surface area contributed by atoms with Crippen LogP contribution in [-0.2, 0) is 6.54 Å². The van der Waals surface area contributed by atoms with Gasteiger partial charge in [-0.25, -0.2) is 23.9 Å².